The molecule has 0 spiro atoms. The molecule has 1 amide bonds. The molecule has 1 atom stereocenters. The summed E-state index contributed by atoms with van der Waals surface area (Å²) in [6.07, 6.45) is 2.29. The first-order chi connectivity index (χ1) is 10.3. The topological polar surface area (TPSA) is 38.3 Å². The largest absolute Gasteiger partial charge is 0.375 e. The Morgan fingerprint density at radius 1 is 1.29 bits per heavy atom. The van der Waals surface area contributed by atoms with E-state index in [-0.39, 0.29) is 12.0 Å². The highest BCUT2D eigenvalue weighted by atomic mass is 32.1. The Kier molecular flexibility index (Phi) is 6.44. The number of thiophene rings is 1. The summed E-state index contributed by atoms with van der Waals surface area (Å²) >= 11 is 1.64. The number of carbonyl (C=O) groups is 1. The predicted octanol–water partition coefficient (Wildman–Crippen LogP) is 3.57. The van der Waals surface area contributed by atoms with E-state index in [1.807, 2.05) is 29.6 Å². The molecule has 1 aromatic heterocycles. The maximum Gasteiger partial charge on any atom is 0.220 e. The van der Waals surface area contributed by atoms with Gasteiger partial charge in [-0.3, -0.25) is 4.79 Å². The lowest BCUT2D eigenvalue weighted by Gasteiger charge is -2.15. The lowest BCUT2D eigenvalue weighted by Crippen LogP contribution is -2.28. The average Bonchev–Trinajstić information content (AvgIpc) is 3.03. The van der Waals surface area contributed by atoms with Gasteiger partial charge in [0, 0.05) is 20.1 Å². The highest BCUT2D eigenvalue weighted by molar-refractivity contribution is 7.07. The quantitative estimate of drug-likeness (QED) is 0.809. The number of benzene rings is 1. The Balaban J connectivity index is 1.67. The van der Waals surface area contributed by atoms with Crippen molar-refractivity contribution in [2.75, 3.05) is 13.7 Å². The van der Waals surface area contributed by atoms with Crippen LogP contribution in [-0.4, -0.2) is 19.6 Å². The summed E-state index contributed by atoms with van der Waals surface area (Å²) in [6.45, 7) is 0.525. The zero-order chi connectivity index (χ0) is 14.9. The number of rotatable bonds is 8. The molecule has 0 unspecified atom stereocenters. The molecule has 21 heavy (non-hydrogen) atoms. The van der Waals surface area contributed by atoms with Crippen LogP contribution in [0.5, 0.6) is 0 Å². The average molecular weight is 303 g/mol. The van der Waals surface area contributed by atoms with E-state index >= 15 is 0 Å². The van der Waals surface area contributed by atoms with Crippen molar-refractivity contribution >= 4 is 17.2 Å². The number of nitrogens with one attached hydrogen (secondary N) is 1. The van der Waals surface area contributed by atoms with E-state index in [1.165, 1.54) is 5.56 Å². The van der Waals surface area contributed by atoms with Crippen LogP contribution in [0.1, 0.15) is 30.1 Å². The maximum atomic E-state index is 11.9. The van der Waals surface area contributed by atoms with Crippen LogP contribution in [-0.2, 0) is 16.0 Å². The van der Waals surface area contributed by atoms with E-state index in [4.69, 9.17) is 4.74 Å². The van der Waals surface area contributed by atoms with Crippen molar-refractivity contribution in [3.63, 3.8) is 0 Å². The van der Waals surface area contributed by atoms with Crippen LogP contribution < -0.4 is 5.32 Å². The van der Waals surface area contributed by atoms with Crippen LogP contribution in [0, 0.1) is 0 Å². The van der Waals surface area contributed by atoms with Crippen molar-refractivity contribution in [2.45, 2.75) is 25.4 Å². The third kappa shape index (κ3) is 5.33. The van der Waals surface area contributed by atoms with Gasteiger partial charge in [0.05, 0.1) is 0 Å². The molecule has 0 aliphatic heterocycles. The van der Waals surface area contributed by atoms with Crippen molar-refractivity contribution in [1.29, 1.82) is 0 Å². The molecule has 0 radical (unpaired) electrons. The van der Waals surface area contributed by atoms with Gasteiger partial charge in [0.25, 0.3) is 0 Å². The minimum Gasteiger partial charge on any atom is -0.375 e. The second kappa shape index (κ2) is 8.60. The van der Waals surface area contributed by atoms with Gasteiger partial charge in [-0.2, -0.15) is 11.3 Å². The summed E-state index contributed by atoms with van der Waals surface area (Å²) in [7, 11) is 1.67. The first-order valence-corrected chi connectivity index (χ1v) is 8.09. The third-order valence-corrected chi connectivity index (χ3v) is 4.10. The number of ether oxygens (including phenoxy) is 1. The fraction of sp³-hybridized carbons (Fsp3) is 0.353. The Labute approximate surface area is 130 Å². The number of hydrogen-bond acceptors (Lipinski definition) is 3. The maximum absolute atomic E-state index is 11.9. The minimum absolute atomic E-state index is 0.0608. The SMILES string of the molecule is CO[C@H](CNC(=O)CCCc1ccccc1)c1ccsc1. The number of hydrogen-bond donors (Lipinski definition) is 1. The number of amides is 1. The summed E-state index contributed by atoms with van der Waals surface area (Å²) in [5.74, 6) is 0.0863. The highest BCUT2D eigenvalue weighted by Crippen LogP contribution is 2.18. The van der Waals surface area contributed by atoms with Gasteiger partial charge in [-0.1, -0.05) is 30.3 Å². The normalized spacial score (nSPS) is 12.0. The summed E-state index contributed by atoms with van der Waals surface area (Å²) in [4.78, 5) is 11.9. The molecule has 112 valence electrons. The van der Waals surface area contributed by atoms with E-state index < -0.39 is 0 Å². The van der Waals surface area contributed by atoms with Gasteiger partial charge in [0.15, 0.2) is 0 Å². The molecule has 2 aromatic rings. The van der Waals surface area contributed by atoms with E-state index in [2.05, 4.69) is 22.8 Å². The number of methoxy groups -OCH3 is 1. The standard InChI is InChI=1S/C17H21NO2S/c1-20-16(15-10-11-21-13-15)12-18-17(19)9-5-8-14-6-3-2-4-7-14/h2-4,6-7,10-11,13,16H,5,8-9,12H2,1H3,(H,18,19)/t16-/m1/s1. The van der Waals surface area contributed by atoms with Crippen LogP contribution in [0.15, 0.2) is 47.2 Å². The fourth-order valence-corrected chi connectivity index (χ4v) is 2.89. The van der Waals surface area contributed by atoms with Gasteiger partial charge in [-0.15, -0.1) is 0 Å². The smallest absolute Gasteiger partial charge is 0.220 e. The van der Waals surface area contributed by atoms with E-state index in [9.17, 15) is 4.79 Å². The molecular weight excluding hydrogens is 282 g/mol. The molecule has 0 saturated heterocycles. The van der Waals surface area contributed by atoms with Crippen LogP contribution in [0.4, 0.5) is 0 Å². The van der Waals surface area contributed by atoms with Gasteiger partial charge < -0.3 is 10.1 Å². The molecule has 0 aliphatic carbocycles. The summed E-state index contributed by atoms with van der Waals surface area (Å²) < 4.78 is 5.41. The van der Waals surface area contributed by atoms with E-state index in [0.29, 0.717) is 13.0 Å². The lowest BCUT2D eigenvalue weighted by molar-refractivity contribution is -0.121. The Hall–Kier alpha value is -1.65. The van der Waals surface area contributed by atoms with Gasteiger partial charge in [-0.25, -0.2) is 0 Å². The van der Waals surface area contributed by atoms with Crippen molar-refractivity contribution in [2.24, 2.45) is 0 Å². The molecule has 1 N–H and O–H groups in total. The van der Waals surface area contributed by atoms with Crippen molar-refractivity contribution in [3.8, 4) is 0 Å². The molecule has 0 fully saturated rings. The molecule has 3 nitrogen and oxygen atoms in total. The predicted molar refractivity (Wildman–Crippen MR) is 86.5 cm³/mol. The summed E-state index contributed by atoms with van der Waals surface area (Å²) in [5, 5.41) is 7.02. The van der Waals surface area contributed by atoms with Crippen LogP contribution in [0.2, 0.25) is 0 Å². The van der Waals surface area contributed by atoms with Crippen LogP contribution in [0.25, 0.3) is 0 Å². The van der Waals surface area contributed by atoms with Crippen molar-refractivity contribution in [1.82, 2.24) is 5.32 Å². The summed E-state index contributed by atoms with van der Waals surface area (Å²) in [5.41, 5.74) is 2.39. The van der Waals surface area contributed by atoms with Gasteiger partial charge in [-0.05, 0) is 40.8 Å². The number of carbonyl (C=O) groups excluding carboxylic acids is 1. The van der Waals surface area contributed by atoms with Crippen molar-refractivity contribution in [3.05, 3.63) is 58.3 Å². The Bertz CT molecular complexity index is 525. The molecule has 4 heteroatoms. The first kappa shape index (κ1) is 15.7. The Morgan fingerprint density at radius 2 is 2.10 bits per heavy atom. The molecule has 2 rings (SSSR count). The first-order valence-electron chi connectivity index (χ1n) is 7.15. The molecule has 1 heterocycles. The van der Waals surface area contributed by atoms with Crippen LogP contribution in [0.3, 0.4) is 0 Å². The lowest BCUT2D eigenvalue weighted by atomic mass is 10.1. The number of aryl methyl sites for hydroxylation is 1. The minimum atomic E-state index is -0.0608. The second-order valence-corrected chi connectivity index (χ2v) is 5.70. The van der Waals surface area contributed by atoms with Gasteiger partial charge in [0.1, 0.15) is 6.10 Å². The van der Waals surface area contributed by atoms with Crippen molar-refractivity contribution < 1.29 is 9.53 Å². The Morgan fingerprint density at radius 3 is 2.76 bits per heavy atom. The molecule has 0 bridgehead atoms. The van der Waals surface area contributed by atoms with E-state index in [1.54, 1.807) is 18.4 Å². The zero-order valence-corrected chi connectivity index (χ0v) is 13.1. The zero-order valence-electron chi connectivity index (χ0n) is 12.2. The molecule has 1 aromatic carbocycles. The van der Waals surface area contributed by atoms with Gasteiger partial charge >= 0.3 is 0 Å². The summed E-state index contributed by atoms with van der Waals surface area (Å²) in [6, 6.07) is 12.3. The monoisotopic (exact) mass is 303 g/mol. The van der Waals surface area contributed by atoms with Crippen LogP contribution >= 0.6 is 11.3 Å². The molecule has 0 aliphatic rings. The highest BCUT2D eigenvalue weighted by Gasteiger charge is 2.12. The molecular formula is C17H21NO2S. The van der Waals surface area contributed by atoms with Gasteiger partial charge in [0.2, 0.25) is 5.91 Å². The fourth-order valence-electron chi connectivity index (χ4n) is 2.19. The third-order valence-electron chi connectivity index (χ3n) is 3.40. The molecule has 0 saturated carbocycles. The van der Waals surface area contributed by atoms with E-state index in [0.717, 1.165) is 18.4 Å². The second-order valence-electron chi connectivity index (χ2n) is 4.92.